The number of alkyl halides is 1. The Hall–Kier alpha value is -2.57. The third-order valence-electron chi connectivity index (χ3n) is 3.14. The van der Waals surface area contributed by atoms with E-state index in [1.165, 1.54) is 13.0 Å². The molecule has 0 saturated heterocycles. The molecule has 3 rings (SSSR count). The summed E-state index contributed by atoms with van der Waals surface area (Å²) >= 11 is 0. The Morgan fingerprint density at radius 1 is 1.29 bits per heavy atom. The zero-order valence-electron chi connectivity index (χ0n) is 11.1. The average molecular weight is 293 g/mol. The van der Waals surface area contributed by atoms with E-state index in [-0.39, 0.29) is 11.5 Å². The molecule has 21 heavy (non-hydrogen) atoms. The molecule has 2 aromatic rings. The summed E-state index contributed by atoms with van der Waals surface area (Å²) in [4.78, 5) is 10.8. The molecule has 1 aromatic heterocycles. The minimum absolute atomic E-state index is 0.240. The standard InChI is InChI=1S/C14H12FNO5/c1-7(15)8-4-11-12(20-3-2-19-11)5-9(8)10-6-13(14(17)18)21-16-10/h4-7H,2-3H2,1H3,(H,17,18). The first-order chi connectivity index (χ1) is 10.1. The maximum Gasteiger partial charge on any atom is 0.374 e. The van der Waals surface area contributed by atoms with Crippen LogP contribution in [0.4, 0.5) is 4.39 Å². The van der Waals surface area contributed by atoms with Crippen LogP contribution >= 0.6 is 0 Å². The SMILES string of the molecule is CC(F)c1cc2c(cc1-c1cc(C(=O)O)on1)OCCO2. The highest BCUT2D eigenvalue weighted by molar-refractivity contribution is 5.86. The van der Waals surface area contributed by atoms with E-state index in [0.717, 1.165) is 0 Å². The predicted molar refractivity (Wildman–Crippen MR) is 69.4 cm³/mol. The van der Waals surface area contributed by atoms with E-state index in [9.17, 15) is 9.18 Å². The maximum absolute atomic E-state index is 13.8. The molecule has 0 amide bonds. The molecule has 1 N–H and O–H groups in total. The minimum Gasteiger partial charge on any atom is -0.486 e. The second-order valence-electron chi connectivity index (χ2n) is 4.58. The Kier molecular flexibility index (Phi) is 3.25. The summed E-state index contributed by atoms with van der Waals surface area (Å²) in [6.45, 7) is 2.18. The summed E-state index contributed by atoms with van der Waals surface area (Å²) in [5.74, 6) is -0.606. The van der Waals surface area contributed by atoms with E-state index in [4.69, 9.17) is 19.1 Å². The fraction of sp³-hybridized carbons (Fsp3) is 0.286. The molecule has 1 aliphatic rings. The Labute approximate surface area is 119 Å². The summed E-state index contributed by atoms with van der Waals surface area (Å²) in [6.07, 6.45) is -1.28. The van der Waals surface area contributed by atoms with Crippen LogP contribution in [0.1, 0.15) is 29.2 Å². The number of benzene rings is 1. The van der Waals surface area contributed by atoms with Crippen molar-refractivity contribution in [1.29, 1.82) is 0 Å². The topological polar surface area (TPSA) is 81.8 Å². The van der Waals surface area contributed by atoms with Crippen LogP contribution in [-0.2, 0) is 0 Å². The van der Waals surface area contributed by atoms with Crippen molar-refractivity contribution in [3.8, 4) is 22.8 Å². The van der Waals surface area contributed by atoms with Gasteiger partial charge in [-0.2, -0.15) is 0 Å². The number of ether oxygens (including phenoxy) is 2. The average Bonchev–Trinajstić information content (AvgIpc) is 2.95. The molecule has 0 saturated carbocycles. The quantitative estimate of drug-likeness (QED) is 0.937. The molecule has 0 bridgehead atoms. The number of halogens is 1. The van der Waals surface area contributed by atoms with Crippen LogP contribution in [-0.4, -0.2) is 29.4 Å². The van der Waals surface area contributed by atoms with Crippen LogP contribution in [0.25, 0.3) is 11.3 Å². The van der Waals surface area contributed by atoms with Gasteiger partial charge in [0.2, 0.25) is 5.76 Å². The number of aromatic nitrogens is 1. The van der Waals surface area contributed by atoms with Crippen molar-refractivity contribution in [2.75, 3.05) is 13.2 Å². The van der Waals surface area contributed by atoms with Gasteiger partial charge >= 0.3 is 5.97 Å². The first kappa shape index (κ1) is 13.4. The zero-order valence-corrected chi connectivity index (χ0v) is 11.1. The van der Waals surface area contributed by atoms with Crippen molar-refractivity contribution in [3.05, 3.63) is 29.5 Å². The van der Waals surface area contributed by atoms with Gasteiger partial charge in [0.1, 0.15) is 25.1 Å². The maximum atomic E-state index is 13.8. The number of fused-ring (bicyclic) bond motifs is 1. The van der Waals surface area contributed by atoms with Crippen molar-refractivity contribution in [3.63, 3.8) is 0 Å². The second kappa shape index (κ2) is 5.08. The molecule has 0 spiro atoms. The van der Waals surface area contributed by atoms with Crippen molar-refractivity contribution in [2.24, 2.45) is 0 Å². The highest BCUT2D eigenvalue weighted by Crippen LogP contribution is 2.40. The number of hydrogen-bond donors (Lipinski definition) is 1. The van der Waals surface area contributed by atoms with E-state index >= 15 is 0 Å². The van der Waals surface area contributed by atoms with Crippen molar-refractivity contribution in [2.45, 2.75) is 13.1 Å². The van der Waals surface area contributed by atoms with Gasteiger partial charge < -0.3 is 19.1 Å². The number of hydrogen-bond acceptors (Lipinski definition) is 5. The van der Waals surface area contributed by atoms with Crippen LogP contribution < -0.4 is 9.47 Å². The van der Waals surface area contributed by atoms with E-state index in [1.807, 2.05) is 0 Å². The van der Waals surface area contributed by atoms with Gasteiger partial charge in [0.05, 0.1) is 0 Å². The lowest BCUT2D eigenvalue weighted by atomic mass is 10.00. The van der Waals surface area contributed by atoms with E-state index in [2.05, 4.69) is 5.16 Å². The number of rotatable bonds is 3. The second-order valence-corrected chi connectivity index (χ2v) is 4.58. The summed E-state index contributed by atoms with van der Waals surface area (Å²) < 4.78 is 29.4. The van der Waals surface area contributed by atoms with Gasteiger partial charge in [0.25, 0.3) is 0 Å². The molecule has 2 heterocycles. The van der Waals surface area contributed by atoms with Crippen LogP contribution in [0.2, 0.25) is 0 Å². The molecule has 110 valence electrons. The molecule has 1 aromatic carbocycles. The van der Waals surface area contributed by atoms with Gasteiger partial charge in [-0.05, 0) is 24.6 Å². The molecule has 1 unspecified atom stereocenters. The van der Waals surface area contributed by atoms with Crippen molar-refractivity contribution >= 4 is 5.97 Å². The largest absolute Gasteiger partial charge is 0.486 e. The highest BCUT2D eigenvalue weighted by atomic mass is 19.1. The smallest absolute Gasteiger partial charge is 0.374 e. The van der Waals surface area contributed by atoms with Crippen molar-refractivity contribution < 1.29 is 28.3 Å². The van der Waals surface area contributed by atoms with Gasteiger partial charge in [-0.15, -0.1) is 0 Å². The number of carbonyl (C=O) groups is 1. The Morgan fingerprint density at radius 2 is 1.95 bits per heavy atom. The summed E-state index contributed by atoms with van der Waals surface area (Å²) in [5, 5.41) is 12.5. The number of nitrogens with zero attached hydrogens (tertiary/aromatic N) is 1. The third kappa shape index (κ3) is 2.42. The van der Waals surface area contributed by atoms with E-state index in [0.29, 0.717) is 35.8 Å². The summed E-state index contributed by atoms with van der Waals surface area (Å²) in [7, 11) is 0. The fourth-order valence-electron chi connectivity index (χ4n) is 2.16. The predicted octanol–water partition coefficient (Wildman–Crippen LogP) is 2.84. The third-order valence-corrected chi connectivity index (χ3v) is 3.14. The molecule has 6 nitrogen and oxygen atoms in total. The van der Waals surface area contributed by atoms with Gasteiger partial charge in [-0.25, -0.2) is 9.18 Å². The lowest BCUT2D eigenvalue weighted by Gasteiger charge is -2.21. The number of carboxylic acids is 1. The van der Waals surface area contributed by atoms with Gasteiger partial charge in [-0.3, -0.25) is 0 Å². The van der Waals surface area contributed by atoms with Gasteiger partial charge in [-0.1, -0.05) is 5.16 Å². The van der Waals surface area contributed by atoms with Crippen LogP contribution in [0.15, 0.2) is 22.7 Å². The van der Waals surface area contributed by atoms with Gasteiger partial charge in [0, 0.05) is 11.6 Å². The molecule has 0 fully saturated rings. The first-order valence-electron chi connectivity index (χ1n) is 6.34. The normalized spacial score (nSPS) is 14.8. The van der Waals surface area contributed by atoms with E-state index < -0.39 is 12.1 Å². The Balaban J connectivity index is 2.12. The van der Waals surface area contributed by atoms with Crippen LogP contribution in [0.3, 0.4) is 0 Å². The van der Waals surface area contributed by atoms with Crippen molar-refractivity contribution in [1.82, 2.24) is 5.16 Å². The zero-order chi connectivity index (χ0) is 15.0. The van der Waals surface area contributed by atoms with E-state index in [1.54, 1.807) is 12.1 Å². The van der Waals surface area contributed by atoms with Crippen LogP contribution in [0, 0.1) is 0 Å². The highest BCUT2D eigenvalue weighted by Gasteiger charge is 2.22. The minimum atomic E-state index is -1.28. The molecule has 1 atom stereocenters. The summed E-state index contributed by atoms with van der Waals surface area (Å²) in [6, 6.07) is 4.38. The lowest BCUT2D eigenvalue weighted by Crippen LogP contribution is -2.15. The number of carboxylic acid groups (broad SMARTS) is 1. The molecular formula is C14H12FNO5. The monoisotopic (exact) mass is 293 g/mol. The Bertz CT molecular complexity index is 695. The first-order valence-corrected chi connectivity index (χ1v) is 6.34. The molecule has 7 heteroatoms. The van der Waals surface area contributed by atoms with Crippen LogP contribution in [0.5, 0.6) is 11.5 Å². The number of aromatic carboxylic acids is 1. The molecule has 0 radical (unpaired) electrons. The fourth-order valence-corrected chi connectivity index (χ4v) is 2.16. The molecular weight excluding hydrogens is 281 g/mol. The Morgan fingerprint density at radius 3 is 2.52 bits per heavy atom. The molecule has 1 aliphatic heterocycles. The molecule has 0 aliphatic carbocycles. The van der Waals surface area contributed by atoms with Gasteiger partial charge in [0.15, 0.2) is 11.5 Å². The summed E-state index contributed by atoms with van der Waals surface area (Å²) in [5.41, 5.74) is 0.999. The lowest BCUT2D eigenvalue weighted by molar-refractivity contribution is 0.0652.